The van der Waals surface area contributed by atoms with Crippen LogP contribution in [-0.2, 0) is 16.1 Å². The van der Waals surface area contributed by atoms with Gasteiger partial charge < -0.3 is 15.6 Å². The highest BCUT2D eigenvalue weighted by Gasteiger charge is 2.13. The van der Waals surface area contributed by atoms with Crippen molar-refractivity contribution in [1.29, 1.82) is 0 Å². The first-order valence-corrected chi connectivity index (χ1v) is 4.79. The summed E-state index contributed by atoms with van der Waals surface area (Å²) in [6, 6.07) is 6.04. The Morgan fingerprint density at radius 1 is 1.53 bits per heavy atom. The number of halogens is 1. The van der Waals surface area contributed by atoms with Crippen LogP contribution in [0.5, 0.6) is 0 Å². The van der Waals surface area contributed by atoms with Gasteiger partial charge in [0.15, 0.2) is 0 Å². The highest BCUT2D eigenvalue weighted by atomic mass is 35.5. The largest absolute Gasteiger partial charge is 0.460 e. The second kappa shape index (κ2) is 5.70. The predicted octanol–water partition coefficient (Wildman–Crippen LogP) is 0.703. The van der Waals surface area contributed by atoms with E-state index in [-0.39, 0.29) is 6.61 Å². The molecule has 0 radical (unpaired) electrons. The topological polar surface area (TPSA) is 72.5 Å². The molecule has 1 rings (SSSR count). The van der Waals surface area contributed by atoms with Gasteiger partial charge in [-0.3, -0.25) is 4.79 Å². The van der Waals surface area contributed by atoms with Crippen molar-refractivity contribution in [2.24, 2.45) is 5.73 Å². The van der Waals surface area contributed by atoms with Crippen molar-refractivity contribution in [3.8, 4) is 0 Å². The van der Waals surface area contributed by atoms with Gasteiger partial charge in [-0.1, -0.05) is 29.8 Å². The molecule has 0 saturated heterocycles. The molecule has 5 heteroatoms. The number of esters is 1. The molecule has 0 aliphatic heterocycles. The molecule has 0 aliphatic rings. The maximum Gasteiger partial charge on any atom is 0.325 e. The molecule has 0 fully saturated rings. The van der Waals surface area contributed by atoms with Gasteiger partial charge in [0.05, 0.1) is 6.61 Å². The number of carbonyl (C=O) groups excluding carboxylic acids is 1. The first-order chi connectivity index (χ1) is 7.15. The summed E-state index contributed by atoms with van der Waals surface area (Å²) in [7, 11) is 0. The Labute approximate surface area is 92.6 Å². The van der Waals surface area contributed by atoms with Crippen molar-refractivity contribution in [2.75, 3.05) is 6.61 Å². The van der Waals surface area contributed by atoms with Crippen LogP contribution >= 0.6 is 11.6 Å². The van der Waals surface area contributed by atoms with Crippen LogP contribution in [-0.4, -0.2) is 23.7 Å². The lowest BCUT2D eigenvalue weighted by Gasteiger charge is -2.09. The molecule has 1 aromatic rings. The van der Waals surface area contributed by atoms with E-state index in [1.807, 2.05) is 0 Å². The molecule has 0 heterocycles. The van der Waals surface area contributed by atoms with E-state index in [0.717, 1.165) is 0 Å². The van der Waals surface area contributed by atoms with Gasteiger partial charge in [0, 0.05) is 10.6 Å². The Morgan fingerprint density at radius 3 is 2.80 bits per heavy atom. The van der Waals surface area contributed by atoms with Gasteiger partial charge in [0.25, 0.3) is 0 Å². The molecule has 15 heavy (non-hydrogen) atoms. The van der Waals surface area contributed by atoms with Crippen LogP contribution in [0.2, 0.25) is 5.02 Å². The monoisotopic (exact) mass is 229 g/mol. The lowest BCUT2D eigenvalue weighted by molar-refractivity contribution is -0.147. The van der Waals surface area contributed by atoms with E-state index < -0.39 is 18.6 Å². The van der Waals surface area contributed by atoms with Gasteiger partial charge in [-0.25, -0.2) is 0 Å². The number of nitrogens with two attached hydrogens (primary N) is 1. The van der Waals surface area contributed by atoms with Crippen molar-refractivity contribution in [1.82, 2.24) is 0 Å². The summed E-state index contributed by atoms with van der Waals surface area (Å²) in [4.78, 5) is 11.1. The van der Waals surface area contributed by atoms with Crippen LogP contribution in [0.15, 0.2) is 24.3 Å². The standard InChI is InChI=1S/C10H12ClNO3/c11-8-4-2-1-3-7(8)6-15-10(14)9(12)5-13/h1-4,9,13H,5-6,12H2. The number of aliphatic hydroxyl groups is 1. The fraction of sp³-hybridized carbons (Fsp3) is 0.300. The minimum absolute atomic E-state index is 0.0617. The Bertz CT molecular complexity index is 343. The van der Waals surface area contributed by atoms with Crippen LogP contribution in [0.4, 0.5) is 0 Å². The highest BCUT2D eigenvalue weighted by Crippen LogP contribution is 2.15. The van der Waals surface area contributed by atoms with E-state index in [1.165, 1.54) is 0 Å². The molecule has 1 aromatic carbocycles. The summed E-state index contributed by atoms with van der Waals surface area (Å²) in [5, 5.41) is 9.14. The van der Waals surface area contributed by atoms with Crippen LogP contribution < -0.4 is 5.73 Å². The van der Waals surface area contributed by atoms with Crippen molar-refractivity contribution in [2.45, 2.75) is 12.6 Å². The predicted molar refractivity (Wildman–Crippen MR) is 56.3 cm³/mol. The zero-order valence-corrected chi connectivity index (χ0v) is 8.78. The molecule has 0 amide bonds. The number of hydrogen-bond acceptors (Lipinski definition) is 4. The maximum absolute atomic E-state index is 11.1. The van der Waals surface area contributed by atoms with Crippen LogP contribution in [0.3, 0.4) is 0 Å². The second-order valence-electron chi connectivity index (χ2n) is 2.99. The average molecular weight is 230 g/mol. The minimum Gasteiger partial charge on any atom is -0.460 e. The minimum atomic E-state index is -0.993. The fourth-order valence-electron chi connectivity index (χ4n) is 0.946. The van der Waals surface area contributed by atoms with E-state index in [9.17, 15) is 4.79 Å². The second-order valence-corrected chi connectivity index (χ2v) is 3.40. The SMILES string of the molecule is NC(CO)C(=O)OCc1ccccc1Cl. The lowest BCUT2D eigenvalue weighted by Crippen LogP contribution is -2.35. The van der Waals surface area contributed by atoms with Gasteiger partial charge in [0.2, 0.25) is 0 Å². The molecule has 0 spiro atoms. The number of hydrogen-bond donors (Lipinski definition) is 2. The third-order valence-corrected chi connectivity index (χ3v) is 2.20. The molecule has 1 unspecified atom stereocenters. The Kier molecular flexibility index (Phi) is 4.55. The summed E-state index contributed by atoms with van der Waals surface area (Å²) in [5.41, 5.74) is 5.97. The first-order valence-electron chi connectivity index (χ1n) is 4.41. The number of carbonyl (C=O) groups is 1. The Balaban J connectivity index is 2.51. The highest BCUT2D eigenvalue weighted by molar-refractivity contribution is 6.31. The molecular weight excluding hydrogens is 218 g/mol. The quantitative estimate of drug-likeness (QED) is 0.746. The summed E-state index contributed by atoms with van der Waals surface area (Å²) in [6.45, 7) is -0.367. The summed E-state index contributed by atoms with van der Waals surface area (Å²) in [5.74, 6) is -0.641. The molecule has 0 bridgehead atoms. The molecule has 0 aliphatic carbocycles. The van der Waals surface area contributed by atoms with Crippen molar-refractivity contribution in [3.63, 3.8) is 0 Å². The zero-order valence-electron chi connectivity index (χ0n) is 8.02. The molecule has 0 saturated carbocycles. The molecule has 4 nitrogen and oxygen atoms in total. The van der Waals surface area contributed by atoms with E-state index >= 15 is 0 Å². The van der Waals surface area contributed by atoms with Crippen molar-refractivity contribution >= 4 is 17.6 Å². The van der Waals surface area contributed by atoms with Crippen molar-refractivity contribution < 1.29 is 14.6 Å². The zero-order chi connectivity index (χ0) is 11.3. The summed E-state index contributed by atoms with van der Waals surface area (Å²) in [6.07, 6.45) is 0. The summed E-state index contributed by atoms with van der Waals surface area (Å²) >= 11 is 5.85. The number of aliphatic hydroxyl groups excluding tert-OH is 1. The Hall–Kier alpha value is -1.10. The average Bonchev–Trinajstić information content (AvgIpc) is 2.26. The van der Waals surface area contributed by atoms with E-state index in [2.05, 4.69) is 0 Å². The van der Waals surface area contributed by atoms with E-state index in [4.69, 9.17) is 27.2 Å². The van der Waals surface area contributed by atoms with E-state index in [0.29, 0.717) is 10.6 Å². The smallest absolute Gasteiger partial charge is 0.325 e. The molecule has 1 atom stereocenters. The Morgan fingerprint density at radius 2 is 2.20 bits per heavy atom. The maximum atomic E-state index is 11.1. The van der Waals surface area contributed by atoms with Crippen LogP contribution in [0.25, 0.3) is 0 Å². The third kappa shape index (κ3) is 3.51. The number of ether oxygens (including phenoxy) is 1. The summed E-state index contributed by atoms with van der Waals surface area (Å²) < 4.78 is 4.85. The van der Waals surface area contributed by atoms with Crippen LogP contribution in [0, 0.1) is 0 Å². The number of benzene rings is 1. The first kappa shape index (κ1) is 12.0. The fourth-order valence-corrected chi connectivity index (χ4v) is 1.14. The van der Waals surface area contributed by atoms with Gasteiger partial charge in [-0.05, 0) is 6.07 Å². The normalized spacial score (nSPS) is 12.2. The van der Waals surface area contributed by atoms with Gasteiger partial charge in [0.1, 0.15) is 12.6 Å². The van der Waals surface area contributed by atoms with Gasteiger partial charge in [-0.15, -0.1) is 0 Å². The number of rotatable bonds is 4. The van der Waals surface area contributed by atoms with Gasteiger partial charge in [-0.2, -0.15) is 0 Å². The van der Waals surface area contributed by atoms with E-state index in [1.54, 1.807) is 24.3 Å². The third-order valence-electron chi connectivity index (χ3n) is 1.83. The molecule has 0 aromatic heterocycles. The van der Waals surface area contributed by atoms with Gasteiger partial charge >= 0.3 is 5.97 Å². The van der Waals surface area contributed by atoms with Crippen LogP contribution in [0.1, 0.15) is 5.56 Å². The molecule has 3 N–H and O–H groups in total. The molecule has 82 valence electrons. The molecular formula is C10H12ClNO3. The van der Waals surface area contributed by atoms with Crippen molar-refractivity contribution in [3.05, 3.63) is 34.9 Å². The lowest BCUT2D eigenvalue weighted by atomic mass is 10.2.